The van der Waals surface area contributed by atoms with E-state index in [4.69, 9.17) is 4.74 Å². The summed E-state index contributed by atoms with van der Waals surface area (Å²) in [4.78, 5) is 15.3. The first kappa shape index (κ1) is 18.9. The molecule has 2 aliphatic heterocycles. The van der Waals surface area contributed by atoms with Gasteiger partial charge in [0, 0.05) is 30.5 Å². The number of para-hydroxylation sites is 1. The highest BCUT2D eigenvalue weighted by atomic mass is 16.5. The molecule has 3 aromatic rings. The predicted octanol–water partition coefficient (Wildman–Crippen LogP) is 4.95. The predicted molar refractivity (Wildman–Crippen MR) is 120 cm³/mol. The molecule has 0 bridgehead atoms. The summed E-state index contributed by atoms with van der Waals surface area (Å²) in [5.41, 5.74) is 1.66. The van der Waals surface area contributed by atoms with Crippen molar-refractivity contribution in [3.05, 3.63) is 72.3 Å². The van der Waals surface area contributed by atoms with Gasteiger partial charge in [-0.05, 0) is 37.4 Å². The summed E-state index contributed by atoms with van der Waals surface area (Å²) < 4.78 is 6.50. The number of benzene rings is 3. The standard InChI is InChI=1S/C25H27N3O2/c1-28-15-13-25(14-16-28)17-22(20-10-4-5-12-23(20)30-25)27-24(29)26-21-11-6-8-18-7-2-3-9-19(18)21/h2-12,22H,13-17H2,1H3,(H2,26,27,29)/t22-/m1/s1. The number of nitrogens with one attached hydrogen (secondary N) is 2. The Bertz CT molecular complexity index is 1070. The Morgan fingerprint density at radius 2 is 1.73 bits per heavy atom. The van der Waals surface area contributed by atoms with E-state index in [-0.39, 0.29) is 17.7 Å². The Hall–Kier alpha value is -3.05. The number of amides is 2. The van der Waals surface area contributed by atoms with Gasteiger partial charge >= 0.3 is 6.03 Å². The van der Waals surface area contributed by atoms with E-state index < -0.39 is 0 Å². The van der Waals surface area contributed by atoms with Crippen LogP contribution in [0.3, 0.4) is 0 Å². The summed E-state index contributed by atoms with van der Waals surface area (Å²) in [6, 6.07) is 21.9. The average molecular weight is 402 g/mol. The van der Waals surface area contributed by atoms with Gasteiger partial charge in [0.2, 0.25) is 0 Å². The summed E-state index contributed by atoms with van der Waals surface area (Å²) >= 11 is 0. The maximum absolute atomic E-state index is 13.0. The number of rotatable bonds is 2. The Morgan fingerprint density at radius 1 is 1.00 bits per heavy atom. The molecule has 0 radical (unpaired) electrons. The number of piperidine rings is 1. The summed E-state index contributed by atoms with van der Waals surface area (Å²) in [5.74, 6) is 0.892. The molecule has 0 saturated carbocycles. The summed E-state index contributed by atoms with van der Waals surface area (Å²) in [6.45, 7) is 2.02. The number of urea groups is 1. The number of carbonyl (C=O) groups is 1. The lowest BCUT2D eigenvalue weighted by Gasteiger charge is -2.46. The molecule has 2 heterocycles. The number of fused-ring (bicyclic) bond motifs is 2. The lowest BCUT2D eigenvalue weighted by Crippen LogP contribution is -2.51. The highest BCUT2D eigenvalue weighted by Gasteiger charge is 2.43. The fourth-order valence-corrected chi connectivity index (χ4v) is 4.73. The van der Waals surface area contributed by atoms with Crippen molar-refractivity contribution in [3.63, 3.8) is 0 Å². The maximum Gasteiger partial charge on any atom is 0.319 e. The fourth-order valence-electron chi connectivity index (χ4n) is 4.73. The molecule has 1 spiro atoms. The van der Waals surface area contributed by atoms with Crippen molar-refractivity contribution in [2.45, 2.75) is 30.9 Å². The van der Waals surface area contributed by atoms with Crippen LogP contribution in [0.2, 0.25) is 0 Å². The van der Waals surface area contributed by atoms with Crippen LogP contribution in [0.4, 0.5) is 10.5 Å². The lowest BCUT2D eigenvalue weighted by molar-refractivity contribution is -0.0188. The molecule has 2 N–H and O–H groups in total. The van der Waals surface area contributed by atoms with E-state index in [0.717, 1.165) is 60.1 Å². The third kappa shape index (κ3) is 3.61. The minimum Gasteiger partial charge on any atom is -0.487 e. The van der Waals surface area contributed by atoms with Crippen molar-refractivity contribution < 1.29 is 9.53 Å². The Balaban J connectivity index is 1.38. The second-order valence-corrected chi connectivity index (χ2v) is 8.51. The normalized spacial score (nSPS) is 20.4. The quantitative estimate of drug-likeness (QED) is 0.639. The van der Waals surface area contributed by atoms with Crippen LogP contribution in [-0.4, -0.2) is 36.7 Å². The van der Waals surface area contributed by atoms with Gasteiger partial charge in [0.15, 0.2) is 0 Å². The van der Waals surface area contributed by atoms with Crippen LogP contribution in [0.25, 0.3) is 10.8 Å². The molecule has 5 nitrogen and oxygen atoms in total. The zero-order valence-corrected chi connectivity index (χ0v) is 17.2. The average Bonchev–Trinajstić information content (AvgIpc) is 2.76. The number of likely N-dealkylation sites (tertiary alicyclic amines) is 1. The van der Waals surface area contributed by atoms with E-state index in [1.807, 2.05) is 48.5 Å². The Labute approximate surface area is 177 Å². The maximum atomic E-state index is 13.0. The molecule has 154 valence electrons. The topological polar surface area (TPSA) is 53.6 Å². The van der Waals surface area contributed by atoms with Crippen LogP contribution in [0.1, 0.15) is 30.9 Å². The van der Waals surface area contributed by atoms with Gasteiger partial charge in [0.1, 0.15) is 11.4 Å². The minimum absolute atomic E-state index is 0.0756. The highest BCUT2D eigenvalue weighted by Crippen LogP contribution is 2.44. The molecule has 30 heavy (non-hydrogen) atoms. The highest BCUT2D eigenvalue weighted by molar-refractivity contribution is 6.01. The number of ether oxygens (including phenoxy) is 1. The van der Waals surface area contributed by atoms with Gasteiger partial charge in [-0.3, -0.25) is 0 Å². The second kappa shape index (κ2) is 7.65. The Morgan fingerprint density at radius 3 is 2.60 bits per heavy atom. The van der Waals surface area contributed by atoms with E-state index in [9.17, 15) is 4.79 Å². The number of carbonyl (C=O) groups excluding carboxylic acids is 1. The zero-order valence-electron chi connectivity index (χ0n) is 17.2. The monoisotopic (exact) mass is 401 g/mol. The SMILES string of the molecule is CN1CCC2(CC1)C[C@@H](NC(=O)Nc1cccc3ccccc13)c1ccccc1O2. The van der Waals surface area contributed by atoms with Gasteiger partial charge < -0.3 is 20.3 Å². The molecular formula is C25H27N3O2. The second-order valence-electron chi connectivity index (χ2n) is 8.51. The minimum atomic E-state index is -0.210. The van der Waals surface area contributed by atoms with Crippen LogP contribution in [-0.2, 0) is 0 Å². The van der Waals surface area contributed by atoms with Crippen molar-refractivity contribution in [3.8, 4) is 5.75 Å². The first-order chi connectivity index (χ1) is 14.6. The zero-order chi connectivity index (χ0) is 20.6. The van der Waals surface area contributed by atoms with Crippen LogP contribution in [0, 0.1) is 0 Å². The number of hydrogen-bond donors (Lipinski definition) is 2. The van der Waals surface area contributed by atoms with Gasteiger partial charge in [-0.25, -0.2) is 4.79 Å². The molecule has 1 atom stereocenters. The van der Waals surface area contributed by atoms with Crippen molar-refractivity contribution in [1.29, 1.82) is 0 Å². The van der Waals surface area contributed by atoms with E-state index >= 15 is 0 Å². The van der Waals surface area contributed by atoms with E-state index in [1.54, 1.807) is 0 Å². The molecule has 1 fully saturated rings. The van der Waals surface area contributed by atoms with E-state index in [2.05, 4.69) is 40.8 Å². The Kier molecular flexibility index (Phi) is 4.83. The van der Waals surface area contributed by atoms with Crippen molar-refractivity contribution >= 4 is 22.5 Å². The van der Waals surface area contributed by atoms with Gasteiger partial charge in [-0.15, -0.1) is 0 Å². The van der Waals surface area contributed by atoms with Crippen molar-refractivity contribution in [2.24, 2.45) is 0 Å². The van der Waals surface area contributed by atoms with Gasteiger partial charge in [0.25, 0.3) is 0 Å². The first-order valence-electron chi connectivity index (χ1n) is 10.6. The van der Waals surface area contributed by atoms with Gasteiger partial charge in [0.05, 0.1) is 11.7 Å². The molecule has 1 saturated heterocycles. The van der Waals surface area contributed by atoms with E-state index in [0.29, 0.717) is 0 Å². The van der Waals surface area contributed by atoms with Crippen molar-refractivity contribution in [2.75, 3.05) is 25.5 Å². The van der Waals surface area contributed by atoms with Crippen LogP contribution < -0.4 is 15.4 Å². The molecule has 2 amide bonds. The smallest absolute Gasteiger partial charge is 0.319 e. The summed E-state index contributed by atoms with van der Waals surface area (Å²) in [5, 5.41) is 8.43. The van der Waals surface area contributed by atoms with Gasteiger partial charge in [-0.2, -0.15) is 0 Å². The van der Waals surface area contributed by atoms with Crippen LogP contribution >= 0.6 is 0 Å². The summed E-state index contributed by atoms with van der Waals surface area (Å²) in [7, 11) is 2.15. The molecule has 2 aliphatic rings. The molecular weight excluding hydrogens is 374 g/mol. The third-order valence-electron chi connectivity index (χ3n) is 6.44. The third-order valence-corrected chi connectivity index (χ3v) is 6.44. The number of hydrogen-bond acceptors (Lipinski definition) is 3. The molecule has 3 aromatic carbocycles. The van der Waals surface area contributed by atoms with Crippen molar-refractivity contribution in [1.82, 2.24) is 10.2 Å². The van der Waals surface area contributed by atoms with E-state index in [1.165, 1.54) is 0 Å². The van der Waals surface area contributed by atoms with Gasteiger partial charge in [-0.1, -0.05) is 54.6 Å². The van der Waals surface area contributed by atoms with Crippen LogP contribution in [0.5, 0.6) is 5.75 Å². The largest absolute Gasteiger partial charge is 0.487 e. The molecule has 0 aromatic heterocycles. The molecule has 5 heteroatoms. The number of nitrogens with zero attached hydrogens (tertiary/aromatic N) is 1. The lowest BCUT2D eigenvalue weighted by atomic mass is 9.80. The van der Waals surface area contributed by atoms with Crippen LogP contribution in [0.15, 0.2) is 66.7 Å². The number of anilines is 1. The molecule has 0 aliphatic carbocycles. The molecule has 0 unspecified atom stereocenters. The molecule has 5 rings (SSSR count). The fraction of sp³-hybridized carbons (Fsp3) is 0.320. The summed E-state index contributed by atoms with van der Waals surface area (Å²) in [6.07, 6.45) is 2.74. The first-order valence-corrected chi connectivity index (χ1v) is 10.6.